The third kappa shape index (κ3) is 5.78. The highest BCUT2D eigenvalue weighted by Gasteiger charge is 2.27. The van der Waals surface area contributed by atoms with Gasteiger partial charge in [-0.2, -0.15) is 0 Å². The number of halogens is 2. The van der Waals surface area contributed by atoms with Crippen molar-refractivity contribution in [1.82, 2.24) is 19.4 Å². The minimum absolute atomic E-state index is 0.0452. The Morgan fingerprint density at radius 1 is 1.10 bits per heavy atom. The number of fused-ring (bicyclic) bond motifs is 1. The van der Waals surface area contributed by atoms with Crippen molar-refractivity contribution in [3.05, 3.63) is 93.7 Å². The summed E-state index contributed by atoms with van der Waals surface area (Å²) < 4.78 is 30.2. The molecule has 204 valence electrons. The van der Waals surface area contributed by atoms with Crippen LogP contribution >= 0.6 is 0 Å². The summed E-state index contributed by atoms with van der Waals surface area (Å²) in [7, 11) is 0. The zero-order valence-electron chi connectivity index (χ0n) is 22.6. The number of nitrogen functional groups attached to an aromatic ring is 1. The largest absolute Gasteiger partial charge is 0.384 e. The van der Waals surface area contributed by atoms with Crippen LogP contribution in [-0.2, 0) is 13.1 Å². The quantitative estimate of drug-likeness (QED) is 0.352. The van der Waals surface area contributed by atoms with E-state index in [9.17, 15) is 13.6 Å². The molecule has 2 N–H and O–H groups in total. The molecule has 1 aromatic carbocycles. The molecule has 4 heterocycles. The first-order valence-electron chi connectivity index (χ1n) is 13.3. The monoisotopic (exact) mass is 532 g/mol. The van der Waals surface area contributed by atoms with Gasteiger partial charge in [0, 0.05) is 73.4 Å². The van der Waals surface area contributed by atoms with Crippen LogP contribution in [0.15, 0.2) is 59.8 Å². The molecule has 1 aliphatic heterocycles. The van der Waals surface area contributed by atoms with Crippen LogP contribution in [0.1, 0.15) is 49.6 Å². The minimum atomic E-state index is -1.02. The van der Waals surface area contributed by atoms with Crippen molar-refractivity contribution in [2.24, 2.45) is 0 Å². The van der Waals surface area contributed by atoms with E-state index in [1.165, 1.54) is 0 Å². The number of hydrogen-bond acceptors (Lipinski definition) is 6. The van der Waals surface area contributed by atoms with E-state index in [-0.39, 0.29) is 22.9 Å². The number of rotatable bonds is 7. The Morgan fingerprint density at radius 3 is 2.62 bits per heavy atom. The molecule has 39 heavy (non-hydrogen) atoms. The predicted molar refractivity (Wildman–Crippen MR) is 151 cm³/mol. The Balaban J connectivity index is 1.53. The van der Waals surface area contributed by atoms with Crippen LogP contribution in [0.25, 0.3) is 10.9 Å². The maximum atomic E-state index is 14.2. The van der Waals surface area contributed by atoms with Crippen LogP contribution in [-0.4, -0.2) is 38.6 Å². The number of piperidine rings is 1. The van der Waals surface area contributed by atoms with Crippen molar-refractivity contribution in [3.63, 3.8) is 0 Å². The van der Waals surface area contributed by atoms with Gasteiger partial charge in [-0.3, -0.25) is 14.7 Å². The molecular weight excluding hydrogens is 498 g/mol. The van der Waals surface area contributed by atoms with Crippen LogP contribution in [0.4, 0.5) is 20.3 Å². The molecule has 7 nitrogen and oxygen atoms in total. The highest BCUT2D eigenvalue weighted by Crippen LogP contribution is 2.26. The number of aryl methyl sites for hydroxylation is 1. The average Bonchev–Trinajstić information content (AvgIpc) is 2.91. The van der Waals surface area contributed by atoms with Gasteiger partial charge in [0.05, 0.1) is 17.4 Å². The van der Waals surface area contributed by atoms with Crippen molar-refractivity contribution < 1.29 is 8.78 Å². The molecule has 9 heteroatoms. The fourth-order valence-electron chi connectivity index (χ4n) is 5.48. The van der Waals surface area contributed by atoms with Crippen LogP contribution in [0.2, 0.25) is 0 Å². The van der Waals surface area contributed by atoms with E-state index in [4.69, 9.17) is 5.73 Å². The summed E-state index contributed by atoms with van der Waals surface area (Å²) in [6.45, 7) is 8.56. The van der Waals surface area contributed by atoms with Crippen LogP contribution < -0.4 is 16.1 Å². The van der Waals surface area contributed by atoms with Gasteiger partial charge < -0.3 is 15.2 Å². The molecule has 0 saturated carbocycles. The topological polar surface area (TPSA) is 80.3 Å². The second-order valence-electron chi connectivity index (χ2n) is 10.7. The highest BCUT2D eigenvalue weighted by atomic mass is 19.2. The lowest BCUT2D eigenvalue weighted by atomic mass is 10.0. The van der Waals surface area contributed by atoms with Gasteiger partial charge >= 0.3 is 0 Å². The van der Waals surface area contributed by atoms with Gasteiger partial charge in [-0.05, 0) is 69.5 Å². The number of nitrogens with two attached hydrogens (primary N) is 1. The maximum Gasteiger partial charge on any atom is 0.193 e. The first kappa shape index (κ1) is 26.7. The third-order valence-corrected chi connectivity index (χ3v) is 7.47. The lowest BCUT2D eigenvalue weighted by Gasteiger charge is -2.40. The second-order valence-corrected chi connectivity index (χ2v) is 10.7. The number of hydrogen-bond donors (Lipinski definition) is 1. The number of benzene rings is 1. The number of pyridine rings is 3. The Kier molecular flexibility index (Phi) is 7.61. The Bertz CT molecular complexity index is 1540. The molecule has 3 aromatic heterocycles. The molecule has 1 fully saturated rings. The standard InChI is InChI=1S/C30H34F2N6O/c1-19(2)38-17-22(30(39)25-12-26(31)27(32)13-28(25)38)16-37(15-21-8-9-34-20(3)11-21)24-5-4-10-36(18-24)23-6-7-29(33)35-14-23/h6-9,11-14,17,19,24H,4-5,10,15-16,18H2,1-3H3,(H2,33,35)/t24-/m0/s1. The van der Waals surface area contributed by atoms with Gasteiger partial charge in [-0.15, -0.1) is 0 Å². The Morgan fingerprint density at radius 2 is 1.90 bits per heavy atom. The van der Waals surface area contributed by atoms with Crippen molar-refractivity contribution in [2.75, 3.05) is 23.7 Å². The van der Waals surface area contributed by atoms with Gasteiger partial charge in [-0.1, -0.05) is 0 Å². The molecular formula is C30H34F2N6O. The summed E-state index contributed by atoms with van der Waals surface area (Å²) in [5, 5.41) is 0.193. The van der Waals surface area contributed by atoms with E-state index in [0.717, 1.165) is 55.0 Å². The fourth-order valence-corrected chi connectivity index (χ4v) is 5.48. The summed E-state index contributed by atoms with van der Waals surface area (Å²) >= 11 is 0. The molecule has 0 radical (unpaired) electrons. The van der Waals surface area contributed by atoms with E-state index in [2.05, 4.69) is 25.8 Å². The van der Waals surface area contributed by atoms with E-state index in [1.807, 2.05) is 49.7 Å². The molecule has 1 atom stereocenters. The van der Waals surface area contributed by atoms with Gasteiger partial charge in [0.25, 0.3) is 0 Å². The van der Waals surface area contributed by atoms with E-state index in [1.54, 1.807) is 12.4 Å². The summed E-state index contributed by atoms with van der Waals surface area (Å²) in [4.78, 5) is 26.9. The molecule has 0 unspecified atom stereocenters. The smallest absolute Gasteiger partial charge is 0.193 e. The Labute approximate surface area is 226 Å². The zero-order chi connectivity index (χ0) is 27.7. The van der Waals surface area contributed by atoms with Crippen LogP contribution in [0, 0.1) is 18.6 Å². The molecule has 0 bridgehead atoms. The summed E-state index contributed by atoms with van der Waals surface area (Å²) in [5.74, 6) is -1.49. The second kappa shape index (κ2) is 11.1. The van der Waals surface area contributed by atoms with Crippen molar-refractivity contribution >= 4 is 22.4 Å². The van der Waals surface area contributed by atoms with Gasteiger partial charge in [0.1, 0.15) is 5.82 Å². The van der Waals surface area contributed by atoms with Crippen molar-refractivity contribution in [3.8, 4) is 0 Å². The van der Waals surface area contributed by atoms with Crippen molar-refractivity contribution in [2.45, 2.75) is 58.8 Å². The van der Waals surface area contributed by atoms with E-state index in [0.29, 0.717) is 30.0 Å². The summed E-state index contributed by atoms with van der Waals surface area (Å²) in [6, 6.07) is 10.1. The fraction of sp³-hybridized carbons (Fsp3) is 0.367. The lowest BCUT2D eigenvalue weighted by molar-refractivity contribution is 0.158. The lowest BCUT2D eigenvalue weighted by Crippen LogP contribution is -2.48. The minimum Gasteiger partial charge on any atom is -0.384 e. The molecule has 0 spiro atoms. The SMILES string of the molecule is Cc1cc(CN(Cc2cn(C(C)C)c3cc(F)c(F)cc3c2=O)[C@H]2CCCN(c3ccc(N)nc3)C2)ccn1. The van der Waals surface area contributed by atoms with Gasteiger partial charge in [-0.25, -0.2) is 13.8 Å². The Hall–Kier alpha value is -3.85. The van der Waals surface area contributed by atoms with Crippen molar-refractivity contribution in [1.29, 1.82) is 0 Å². The summed E-state index contributed by atoms with van der Waals surface area (Å²) in [5.41, 5.74) is 9.53. The maximum absolute atomic E-state index is 14.2. The summed E-state index contributed by atoms with van der Waals surface area (Å²) in [6.07, 6.45) is 7.36. The van der Waals surface area contributed by atoms with Gasteiger partial charge in [0.15, 0.2) is 17.1 Å². The third-order valence-electron chi connectivity index (χ3n) is 7.47. The molecule has 5 rings (SSSR count). The first-order valence-corrected chi connectivity index (χ1v) is 13.3. The zero-order valence-corrected chi connectivity index (χ0v) is 22.6. The molecule has 1 aliphatic rings. The molecule has 0 amide bonds. The first-order chi connectivity index (χ1) is 18.7. The molecule has 0 aliphatic carbocycles. The number of nitrogens with zero attached hydrogens (tertiary/aromatic N) is 5. The van der Waals surface area contributed by atoms with Gasteiger partial charge in [0.2, 0.25) is 0 Å². The highest BCUT2D eigenvalue weighted by molar-refractivity contribution is 5.80. The predicted octanol–water partition coefficient (Wildman–Crippen LogP) is 5.21. The van der Waals surface area contributed by atoms with E-state index < -0.39 is 11.6 Å². The van der Waals surface area contributed by atoms with Crippen LogP contribution in [0.3, 0.4) is 0 Å². The van der Waals surface area contributed by atoms with E-state index >= 15 is 0 Å². The normalized spacial score (nSPS) is 16.0. The molecule has 4 aromatic rings. The van der Waals surface area contributed by atoms with Crippen LogP contribution in [0.5, 0.6) is 0 Å². The average molecular weight is 533 g/mol. The number of aromatic nitrogens is 3. The molecule has 1 saturated heterocycles. The number of anilines is 2.